The van der Waals surface area contributed by atoms with Gasteiger partial charge in [0.25, 0.3) is 0 Å². The smallest absolute Gasteiger partial charge is 0.247 e. The van der Waals surface area contributed by atoms with E-state index in [0.717, 1.165) is 37.7 Å². The van der Waals surface area contributed by atoms with Gasteiger partial charge in [-0.3, -0.25) is 14.4 Å². The summed E-state index contributed by atoms with van der Waals surface area (Å²) in [7, 11) is 0. The van der Waals surface area contributed by atoms with E-state index in [1.807, 2.05) is 40.1 Å². The Morgan fingerprint density at radius 2 is 1.77 bits per heavy atom. The van der Waals surface area contributed by atoms with Crippen LogP contribution in [-0.2, 0) is 20.9 Å². The first-order valence-corrected chi connectivity index (χ1v) is 17.5. The van der Waals surface area contributed by atoms with Crippen molar-refractivity contribution in [1.82, 2.24) is 14.7 Å². The SMILES string of the molecule is C=CCN(Cc1ccccc1)C(=O)[C@@H]1[C@H]2C(=O)N([C@@H](CO)CC(C)C)C(C(=O)N(CC=C)C3CCCCC3)C23S[C@@H]1CC3C. The van der Waals surface area contributed by atoms with Crippen LogP contribution >= 0.6 is 11.8 Å². The lowest BCUT2D eigenvalue weighted by molar-refractivity contribution is -0.148. The molecule has 1 aromatic rings. The van der Waals surface area contributed by atoms with E-state index in [-0.39, 0.29) is 47.5 Å². The Morgan fingerprint density at radius 3 is 2.39 bits per heavy atom. The van der Waals surface area contributed by atoms with Gasteiger partial charge in [-0.15, -0.1) is 24.9 Å². The van der Waals surface area contributed by atoms with Gasteiger partial charge in [-0.2, -0.15) is 0 Å². The van der Waals surface area contributed by atoms with Crippen molar-refractivity contribution in [3.05, 3.63) is 61.2 Å². The molecule has 7 nitrogen and oxygen atoms in total. The van der Waals surface area contributed by atoms with Crippen LogP contribution in [0.15, 0.2) is 55.6 Å². The van der Waals surface area contributed by atoms with Crippen LogP contribution in [-0.4, -0.2) is 85.3 Å². The van der Waals surface area contributed by atoms with Gasteiger partial charge in [-0.05, 0) is 43.1 Å². The highest BCUT2D eigenvalue weighted by atomic mass is 32.2. The summed E-state index contributed by atoms with van der Waals surface area (Å²) in [5.74, 6) is -1.03. The maximum atomic E-state index is 15.0. The molecule has 44 heavy (non-hydrogen) atoms. The van der Waals surface area contributed by atoms with E-state index < -0.39 is 28.7 Å². The van der Waals surface area contributed by atoms with E-state index >= 15 is 4.79 Å². The van der Waals surface area contributed by atoms with Crippen molar-refractivity contribution < 1.29 is 19.5 Å². The van der Waals surface area contributed by atoms with Crippen LogP contribution in [0.25, 0.3) is 0 Å². The summed E-state index contributed by atoms with van der Waals surface area (Å²) in [4.78, 5) is 49.9. The number of hydrogen-bond donors (Lipinski definition) is 1. The maximum Gasteiger partial charge on any atom is 0.247 e. The fraction of sp³-hybridized carbons (Fsp3) is 0.639. The van der Waals surface area contributed by atoms with Gasteiger partial charge in [0, 0.05) is 30.9 Å². The summed E-state index contributed by atoms with van der Waals surface area (Å²) < 4.78 is -0.718. The topological polar surface area (TPSA) is 81.2 Å². The molecule has 3 aliphatic heterocycles. The van der Waals surface area contributed by atoms with E-state index in [4.69, 9.17) is 0 Å². The van der Waals surface area contributed by atoms with Gasteiger partial charge in [-0.25, -0.2) is 0 Å². The number of benzene rings is 1. The molecule has 1 N–H and O–H groups in total. The Kier molecular flexibility index (Phi) is 10.3. The number of fused-ring (bicyclic) bond motifs is 1. The molecule has 2 bridgehead atoms. The van der Waals surface area contributed by atoms with Gasteiger partial charge in [-0.1, -0.05) is 82.5 Å². The molecule has 0 aromatic heterocycles. The largest absolute Gasteiger partial charge is 0.394 e. The minimum absolute atomic E-state index is 0.0322. The van der Waals surface area contributed by atoms with Crippen molar-refractivity contribution in [1.29, 1.82) is 0 Å². The van der Waals surface area contributed by atoms with Gasteiger partial charge < -0.3 is 19.8 Å². The average Bonchev–Trinajstić information content (AvgIpc) is 3.62. The molecule has 3 heterocycles. The third kappa shape index (κ3) is 5.77. The number of thioether (sulfide) groups is 1. The number of carbonyl (C=O) groups excluding carboxylic acids is 3. The highest BCUT2D eigenvalue weighted by Gasteiger charge is 2.77. The van der Waals surface area contributed by atoms with Crippen LogP contribution in [0.1, 0.15) is 71.3 Å². The summed E-state index contributed by atoms with van der Waals surface area (Å²) in [5.41, 5.74) is 1.03. The van der Waals surface area contributed by atoms with Gasteiger partial charge in [0.2, 0.25) is 17.7 Å². The number of aliphatic hydroxyl groups is 1. The summed E-state index contributed by atoms with van der Waals surface area (Å²) in [6, 6.07) is 8.83. The Morgan fingerprint density at radius 1 is 1.09 bits per heavy atom. The predicted octanol–water partition coefficient (Wildman–Crippen LogP) is 5.29. The Balaban J connectivity index is 1.57. The van der Waals surface area contributed by atoms with E-state index in [2.05, 4.69) is 33.9 Å². The molecule has 1 aliphatic carbocycles. The second-order valence-corrected chi connectivity index (χ2v) is 15.4. The lowest BCUT2D eigenvalue weighted by Crippen LogP contribution is -2.61. The molecular weight excluding hydrogens is 570 g/mol. The van der Waals surface area contributed by atoms with Gasteiger partial charge in [0.15, 0.2) is 0 Å². The van der Waals surface area contributed by atoms with Crippen molar-refractivity contribution >= 4 is 29.5 Å². The van der Waals surface area contributed by atoms with E-state index in [9.17, 15) is 14.7 Å². The second-order valence-electron chi connectivity index (χ2n) is 13.8. The molecule has 3 saturated heterocycles. The fourth-order valence-electron chi connectivity index (χ4n) is 8.75. The molecule has 5 rings (SSSR count). The Hall–Kier alpha value is -2.58. The highest BCUT2D eigenvalue weighted by Crippen LogP contribution is 2.69. The minimum atomic E-state index is -0.720. The van der Waals surface area contributed by atoms with Crippen LogP contribution in [0.4, 0.5) is 0 Å². The quantitative estimate of drug-likeness (QED) is 0.303. The third-order valence-electron chi connectivity index (χ3n) is 10.6. The number of hydrogen-bond acceptors (Lipinski definition) is 5. The maximum absolute atomic E-state index is 15.0. The molecule has 240 valence electrons. The third-order valence-corrected chi connectivity index (χ3v) is 12.6. The fourth-order valence-corrected chi connectivity index (χ4v) is 11.1. The molecule has 3 unspecified atom stereocenters. The van der Waals surface area contributed by atoms with E-state index in [1.165, 1.54) is 6.42 Å². The number of amides is 3. The lowest BCUT2D eigenvalue weighted by Gasteiger charge is -2.44. The number of rotatable bonds is 13. The van der Waals surface area contributed by atoms with E-state index in [0.29, 0.717) is 26.1 Å². The standard InChI is InChI=1S/C36H51N3O4S/c1-6-18-37(22-26-14-10-8-11-15-26)33(41)30-29-21-25(5)36(44-29)31(30)34(42)39(28(23-40)20-24(3)4)32(36)35(43)38(19-7-2)27-16-12-9-13-17-27/h6-8,10-11,14-15,24-25,27-32,40H,1-2,9,12-13,16-23H2,3-5H3/t25?,28-,29-,30+,31+,32?,36?/m1/s1. The first-order chi connectivity index (χ1) is 21.2. The monoisotopic (exact) mass is 621 g/mol. The average molecular weight is 622 g/mol. The number of aliphatic hydroxyl groups excluding tert-OH is 1. The zero-order valence-electron chi connectivity index (χ0n) is 26.8. The minimum Gasteiger partial charge on any atom is -0.394 e. The molecule has 4 fully saturated rings. The molecule has 8 heteroatoms. The number of carbonyl (C=O) groups is 3. The first kappa shape index (κ1) is 32.8. The predicted molar refractivity (Wildman–Crippen MR) is 177 cm³/mol. The zero-order chi connectivity index (χ0) is 31.6. The number of likely N-dealkylation sites (tertiary alicyclic amines) is 1. The summed E-state index contributed by atoms with van der Waals surface area (Å²) in [6.07, 6.45) is 10.2. The Bertz CT molecular complexity index is 1220. The van der Waals surface area contributed by atoms with E-state index in [1.54, 1.807) is 28.8 Å². The van der Waals surface area contributed by atoms with Crippen LogP contribution in [0.5, 0.6) is 0 Å². The van der Waals surface area contributed by atoms with Crippen LogP contribution in [0, 0.1) is 23.7 Å². The van der Waals surface area contributed by atoms with Crippen molar-refractivity contribution in [3.8, 4) is 0 Å². The summed E-state index contributed by atoms with van der Waals surface area (Å²) >= 11 is 1.72. The van der Waals surface area contributed by atoms with Crippen molar-refractivity contribution in [2.24, 2.45) is 23.7 Å². The first-order valence-electron chi connectivity index (χ1n) is 16.6. The lowest BCUT2D eigenvalue weighted by atomic mass is 9.65. The van der Waals surface area contributed by atoms with Crippen LogP contribution in [0.3, 0.4) is 0 Å². The van der Waals surface area contributed by atoms with Crippen molar-refractivity contribution in [2.75, 3.05) is 19.7 Å². The molecule has 4 aliphatic rings. The van der Waals surface area contributed by atoms with Gasteiger partial charge >= 0.3 is 0 Å². The van der Waals surface area contributed by atoms with Crippen molar-refractivity contribution in [3.63, 3.8) is 0 Å². The van der Waals surface area contributed by atoms with Crippen molar-refractivity contribution in [2.45, 2.75) is 100 Å². The second kappa shape index (κ2) is 13.8. The summed E-state index contributed by atoms with van der Waals surface area (Å²) in [6.45, 7) is 15.3. The Labute approximate surface area is 268 Å². The normalized spacial score (nSPS) is 30.3. The molecule has 0 radical (unpaired) electrons. The summed E-state index contributed by atoms with van der Waals surface area (Å²) in [5, 5.41) is 10.7. The van der Waals surface area contributed by atoms with Crippen LogP contribution < -0.4 is 0 Å². The number of nitrogens with zero attached hydrogens (tertiary/aromatic N) is 3. The molecule has 1 spiro atoms. The molecule has 3 amide bonds. The van der Waals surface area contributed by atoms with Crippen LogP contribution in [0.2, 0.25) is 0 Å². The molecular formula is C36H51N3O4S. The van der Waals surface area contributed by atoms with Gasteiger partial charge in [0.1, 0.15) is 6.04 Å². The highest BCUT2D eigenvalue weighted by molar-refractivity contribution is 8.02. The molecule has 7 atom stereocenters. The zero-order valence-corrected chi connectivity index (χ0v) is 27.6. The van der Waals surface area contributed by atoms with Gasteiger partial charge in [0.05, 0.1) is 29.2 Å². The molecule has 1 aromatic carbocycles. The molecule has 1 saturated carbocycles.